The van der Waals surface area contributed by atoms with Crippen molar-refractivity contribution in [2.45, 2.75) is 13.0 Å². The van der Waals surface area contributed by atoms with E-state index in [1.54, 1.807) is 30.6 Å². The second-order valence-electron chi connectivity index (χ2n) is 6.17. The van der Waals surface area contributed by atoms with Crippen molar-refractivity contribution in [1.29, 1.82) is 0 Å². The zero-order valence-electron chi connectivity index (χ0n) is 15.5. The van der Waals surface area contributed by atoms with Crippen LogP contribution in [-0.4, -0.2) is 33.7 Å². The molecule has 0 aliphatic rings. The molecule has 3 rings (SSSR count). The number of nitrogens with two attached hydrogens (primary N) is 1. The summed E-state index contributed by atoms with van der Waals surface area (Å²) in [4.78, 5) is 42.6. The monoisotopic (exact) mass is 409 g/mol. The van der Waals surface area contributed by atoms with Crippen LogP contribution in [0.25, 0.3) is 17.3 Å². The van der Waals surface area contributed by atoms with E-state index >= 15 is 0 Å². The van der Waals surface area contributed by atoms with Gasteiger partial charge in [-0.1, -0.05) is 30.3 Å². The Morgan fingerprint density at radius 3 is 2.69 bits per heavy atom. The van der Waals surface area contributed by atoms with Crippen molar-refractivity contribution in [2.24, 2.45) is 5.73 Å². The molecule has 2 aromatic heterocycles. The summed E-state index contributed by atoms with van der Waals surface area (Å²) < 4.78 is 0. The lowest BCUT2D eigenvalue weighted by molar-refractivity contribution is -0.123. The number of aromatic nitrogens is 2. The Morgan fingerprint density at radius 2 is 2.00 bits per heavy atom. The Hall–Kier alpha value is -3.72. The molecule has 0 fully saturated rings. The first-order valence-electron chi connectivity index (χ1n) is 8.71. The first kappa shape index (κ1) is 20.0. The minimum atomic E-state index is -0.746. The molecule has 0 saturated carbocycles. The maximum atomic E-state index is 12.3. The van der Waals surface area contributed by atoms with E-state index in [0.717, 1.165) is 5.56 Å². The van der Waals surface area contributed by atoms with Gasteiger partial charge >= 0.3 is 0 Å². The number of thiazole rings is 1. The molecule has 0 bridgehead atoms. The van der Waals surface area contributed by atoms with Gasteiger partial charge in [0.15, 0.2) is 5.13 Å². The number of carbonyl (C=O) groups is 3. The largest absolute Gasteiger partial charge is 0.364 e. The number of H-pyrrole nitrogens is 1. The fourth-order valence-corrected chi connectivity index (χ4v) is 3.15. The van der Waals surface area contributed by atoms with E-state index in [9.17, 15) is 14.4 Å². The molecule has 0 aliphatic heterocycles. The minimum Gasteiger partial charge on any atom is -0.364 e. The summed E-state index contributed by atoms with van der Waals surface area (Å²) in [5.74, 6) is -1.33. The summed E-state index contributed by atoms with van der Waals surface area (Å²) in [5, 5.41) is 7.40. The normalized spacial score (nSPS) is 11.9. The molecule has 1 unspecified atom stereocenters. The van der Waals surface area contributed by atoms with Crippen LogP contribution in [0.2, 0.25) is 0 Å². The van der Waals surface area contributed by atoms with Crippen molar-refractivity contribution in [3.05, 3.63) is 65.3 Å². The van der Waals surface area contributed by atoms with Crippen LogP contribution < -0.4 is 16.4 Å². The number of anilines is 1. The van der Waals surface area contributed by atoms with E-state index in [4.69, 9.17) is 5.73 Å². The maximum Gasteiger partial charge on any atom is 0.265 e. The summed E-state index contributed by atoms with van der Waals surface area (Å²) in [6.45, 7) is 1.59. The summed E-state index contributed by atoms with van der Waals surface area (Å²) in [5.41, 5.74) is 7.66. The number of carbonyl (C=O) groups excluding carboxylic acids is 3. The number of nitrogens with one attached hydrogen (secondary N) is 3. The van der Waals surface area contributed by atoms with Crippen molar-refractivity contribution >= 4 is 40.3 Å². The summed E-state index contributed by atoms with van der Waals surface area (Å²) >= 11 is 1.23. The lowest BCUT2D eigenvalue weighted by Crippen LogP contribution is -2.40. The van der Waals surface area contributed by atoms with Gasteiger partial charge in [0.05, 0.1) is 5.69 Å². The van der Waals surface area contributed by atoms with Crippen LogP contribution in [0.4, 0.5) is 5.13 Å². The van der Waals surface area contributed by atoms with Crippen molar-refractivity contribution < 1.29 is 14.4 Å². The van der Waals surface area contributed by atoms with Crippen molar-refractivity contribution in [2.75, 3.05) is 5.32 Å². The highest BCUT2D eigenvalue weighted by atomic mass is 32.1. The van der Waals surface area contributed by atoms with E-state index in [1.165, 1.54) is 17.4 Å². The number of aromatic amines is 1. The number of benzene rings is 1. The lowest BCUT2D eigenvalue weighted by atomic mass is 10.2. The molecular formula is C20H19N5O3S. The highest BCUT2D eigenvalue weighted by Crippen LogP contribution is 2.25. The molecule has 0 radical (unpaired) electrons. The molecule has 3 aromatic rings. The van der Waals surface area contributed by atoms with Crippen LogP contribution in [0.3, 0.4) is 0 Å². The second kappa shape index (κ2) is 8.98. The molecule has 8 nitrogen and oxygen atoms in total. The van der Waals surface area contributed by atoms with Gasteiger partial charge in [-0.2, -0.15) is 0 Å². The summed E-state index contributed by atoms with van der Waals surface area (Å²) in [7, 11) is 0. The predicted octanol–water partition coefficient (Wildman–Crippen LogP) is 2.39. The van der Waals surface area contributed by atoms with E-state index < -0.39 is 11.9 Å². The van der Waals surface area contributed by atoms with Crippen molar-refractivity contribution in [3.8, 4) is 11.3 Å². The van der Waals surface area contributed by atoms with Gasteiger partial charge in [-0.05, 0) is 24.6 Å². The molecule has 5 N–H and O–H groups in total. The molecule has 2 heterocycles. The molecular weight excluding hydrogens is 390 g/mol. The average Bonchev–Trinajstić information content (AvgIpc) is 3.36. The number of hydrogen-bond acceptors (Lipinski definition) is 5. The van der Waals surface area contributed by atoms with Gasteiger partial charge in [-0.15, -0.1) is 11.3 Å². The van der Waals surface area contributed by atoms with Crippen LogP contribution in [-0.2, 0) is 9.59 Å². The first-order valence-corrected chi connectivity index (χ1v) is 9.59. The molecule has 1 atom stereocenters. The molecule has 1 aromatic carbocycles. The number of hydrogen-bond donors (Lipinski definition) is 4. The van der Waals surface area contributed by atoms with Crippen LogP contribution >= 0.6 is 11.3 Å². The third kappa shape index (κ3) is 5.39. The Labute approximate surface area is 170 Å². The molecule has 29 heavy (non-hydrogen) atoms. The third-order valence-electron chi connectivity index (χ3n) is 3.96. The smallest absolute Gasteiger partial charge is 0.265 e. The van der Waals surface area contributed by atoms with E-state index in [-0.39, 0.29) is 17.5 Å². The lowest BCUT2D eigenvalue weighted by Gasteiger charge is -2.11. The SMILES string of the molecule is CC(NC(=O)/C=C/c1ccccc1)C(=O)Nc1nc(-c2c[nH]c(C(N)=O)c2)cs1. The van der Waals surface area contributed by atoms with Crippen LogP contribution in [0, 0.1) is 0 Å². The van der Waals surface area contributed by atoms with Gasteiger partial charge < -0.3 is 21.4 Å². The highest BCUT2D eigenvalue weighted by molar-refractivity contribution is 7.14. The van der Waals surface area contributed by atoms with Gasteiger partial charge in [0.2, 0.25) is 11.8 Å². The number of primary amides is 1. The zero-order chi connectivity index (χ0) is 20.8. The highest BCUT2D eigenvalue weighted by Gasteiger charge is 2.17. The Balaban J connectivity index is 1.55. The van der Waals surface area contributed by atoms with Crippen molar-refractivity contribution in [3.63, 3.8) is 0 Å². The topological polar surface area (TPSA) is 130 Å². The number of nitrogens with zero attached hydrogens (tertiary/aromatic N) is 1. The van der Waals surface area contributed by atoms with Crippen LogP contribution in [0.15, 0.2) is 54.1 Å². The van der Waals surface area contributed by atoms with Gasteiger partial charge in [0, 0.05) is 23.2 Å². The number of rotatable bonds is 7. The molecule has 0 saturated heterocycles. The Morgan fingerprint density at radius 1 is 1.24 bits per heavy atom. The average molecular weight is 409 g/mol. The standard InChI is InChI=1S/C20H19N5O3S/c1-12(23-17(26)8-7-13-5-3-2-4-6-13)19(28)25-20-24-16(11-29-20)14-9-15(18(21)27)22-10-14/h2-12,22H,1H3,(H2,21,27)(H,23,26)(H,24,25,28)/b8-7+. The van der Waals surface area contributed by atoms with Crippen molar-refractivity contribution in [1.82, 2.24) is 15.3 Å². The molecule has 148 valence electrons. The summed E-state index contributed by atoms with van der Waals surface area (Å²) in [6.07, 6.45) is 4.66. The Kier molecular flexibility index (Phi) is 6.20. The van der Waals surface area contributed by atoms with Gasteiger partial charge in [-0.3, -0.25) is 14.4 Å². The van der Waals surface area contributed by atoms with E-state index in [1.807, 2.05) is 30.3 Å². The first-order chi connectivity index (χ1) is 13.9. The molecule has 3 amide bonds. The molecule has 0 aliphatic carbocycles. The molecule has 0 spiro atoms. The Bertz CT molecular complexity index is 1060. The van der Waals surface area contributed by atoms with Crippen LogP contribution in [0.5, 0.6) is 0 Å². The quantitative estimate of drug-likeness (QED) is 0.446. The maximum absolute atomic E-state index is 12.3. The fraction of sp³-hybridized carbons (Fsp3) is 0.100. The number of amides is 3. The fourth-order valence-electron chi connectivity index (χ4n) is 2.42. The van der Waals surface area contributed by atoms with Gasteiger partial charge in [0.25, 0.3) is 5.91 Å². The van der Waals surface area contributed by atoms with E-state index in [2.05, 4.69) is 20.6 Å². The van der Waals surface area contributed by atoms with E-state index in [0.29, 0.717) is 16.4 Å². The molecule has 9 heteroatoms. The summed E-state index contributed by atoms with van der Waals surface area (Å²) in [6, 6.07) is 10.2. The minimum absolute atomic E-state index is 0.276. The van der Waals surface area contributed by atoms with Crippen LogP contribution in [0.1, 0.15) is 23.0 Å². The zero-order valence-corrected chi connectivity index (χ0v) is 16.3. The van der Waals surface area contributed by atoms with Gasteiger partial charge in [-0.25, -0.2) is 4.98 Å². The third-order valence-corrected chi connectivity index (χ3v) is 4.72. The van der Waals surface area contributed by atoms with Gasteiger partial charge in [0.1, 0.15) is 11.7 Å². The predicted molar refractivity (Wildman–Crippen MR) is 112 cm³/mol. The second-order valence-corrected chi connectivity index (χ2v) is 7.03.